The van der Waals surface area contributed by atoms with E-state index in [0.29, 0.717) is 45.1 Å². The number of carbonyl (C=O) groups is 2. The molecular weight excluding hydrogens is 563 g/mol. The van der Waals surface area contributed by atoms with E-state index in [1.54, 1.807) is 4.90 Å². The van der Waals surface area contributed by atoms with Gasteiger partial charge < -0.3 is 24.8 Å². The van der Waals surface area contributed by atoms with Crippen molar-refractivity contribution in [3.05, 3.63) is 35.9 Å². The molecule has 1 aromatic heterocycles. The summed E-state index contributed by atoms with van der Waals surface area (Å²) in [6.45, 7) is 9.08. The van der Waals surface area contributed by atoms with Crippen molar-refractivity contribution in [2.24, 2.45) is 17.3 Å². The van der Waals surface area contributed by atoms with Gasteiger partial charge in [0.05, 0.1) is 11.6 Å². The van der Waals surface area contributed by atoms with Gasteiger partial charge in [-0.15, -0.1) is 10.2 Å². The Morgan fingerprint density at radius 2 is 1.93 bits per heavy atom. The number of hydrogen-bond acceptors (Lipinski definition) is 8. The zero-order valence-corrected chi connectivity index (χ0v) is 24.7. The van der Waals surface area contributed by atoms with Crippen LogP contribution in [0.4, 0.5) is 19.0 Å². The zero-order valence-electron chi connectivity index (χ0n) is 24.7. The minimum Gasteiger partial charge on any atom is -0.434 e. The van der Waals surface area contributed by atoms with E-state index in [1.165, 1.54) is 24.5 Å². The van der Waals surface area contributed by atoms with Crippen LogP contribution in [0.5, 0.6) is 11.6 Å². The van der Waals surface area contributed by atoms with Gasteiger partial charge in [0.1, 0.15) is 17.9 Å². The van der Waals surface area contributed by atoms with Crippen molar-refractivity contribution < 1.29 is 27.5 Å². The number of nitrogens with zero attached hydrogens (tertiary/aromatic N) is 6. The number of anilines is 1. The van der Waals surface area contributed by atoms with Gasteiger partial charge in [-0.2, -0.15) is 0 Å². The first-order chi connectivity index (χ1) is 20.5. The van der Waals surface area contributed by atoms with Crippen LogP contribution < -0.4 is 15.0 Å². The first kappa shape index (κ1) is 29.6. The smallest absolute Gasteiger partial charge is 0.282 e. The van der Waals surface area contributed by atoms with E-state index >= 15 is 0 Å². The molecule has 4 heterocycles. The van der Waals surface area contributed by atoms with Gasteiger partial charge in [0.25, 0.3) is 11.8 Å². The molecule has 43 heavy (non-hydrogen) atoms. The molecule has 4 fully saturated rings. The van der Waals surface area contributed by atoms with Gasteiger partial charge in [-0.25, -0.2) is 18.2 Å². The molecule has 232 valence electrons. The van der Waals surface area contributed by atoms with Crippen LogP contribution in [0.15, 0.2) is 24.5 Å². The summed E-state index contributed by atoms with van der Waals surface area (Å²) in [4.78, 5) is 36.4. The summed E-state index contributed by atoms with van der Waals surface area (Å²) in [6, 6.07) is 3.20. The second-order valence-electron chi connectivity index (χ2n) is 12.8. The fourth-order valence-corrected chi connectivity index (χ4v) is 7.37. The predicted octanol–water partition coefficient (Wildman–Crippen LogP) is 3.74. The number of hydrogen-bond donors (Lipinski definition) is 1. The molecule has 3 atom stereocenters. The summed E-state index contributed by atoms with van der Waals surface area (Å²) in [5, 5.41) is 11.2. The molecule has 1 aliphatic carbocycles. The summed E-state index contributed by atoms with van der Waals surface area (Å²) in [6.07, 6.45) is 2.56. The highest BCUT2D eigenvalue weighted by molar-refractivity contribution is 5.97. The fourth-order valence-electron chi connectivity index (χ4n) is 7.37. The molecule has 1 aromatic carbocycles. The molecule has 1 spiro atoms. The largest absolute Gasteiger partial charge is 0.434 e. The Bertz CT molecular complexity index is 1380. The summed E-state index contributed by atoms with van der Waals surface area (Å²) in [5.41, 5.74) is 0.0784. The van der Waals surface area contributed by atoms with Crippen LogP contribution in [0.3, 0.4) is 0 Å². The highest BCUT2D eigenvalue weighted by Gasteiger charge is 2.55. The van der Waals surface area contributed by atoms with Gasteiger partial charge in [0.2, 0.25) is 11.8 Å². The molecular formula is C30H38F3N7O3. The van der Waals surface area contributed by atoms with Crippen LogP contribution in [-0.2, 0) is 4.79 Å². The first-order valence-corrected chi connectivity index (χ1v) is 15.1. The Kier molecular flexibility index (Phi) is 7.72. The van der Waals surface area contributed by atoms with Crippen molar-refractivity contribution in [2.45, 2.75) is 64.5 Å². The van der Waals surface area contributed by atoms with Crippen LogP contribution in [0, 0.1) is 23.1 Å². The normalized spacial score (nSPS) is 25.5. The van der Waals surface area contributed by atoms with Crippen LogP contribution in [0.2, 0.25) is 0 Å². The molecule has 13 heteroatoms. The van der Waals surface area contributed by atoms with Crippen LogP contribution in [0.25, 0.3) is 0 Å². The predicted molar refractivity (Wildman–Crippen MR) is 152 cm³/mol. The van der Waals surface area contributed by atoms with E-state index in [1.807, 2.05) is 30.6 Å². The third kappa shape index (κ3) is 5.63. The Morgan fingerprint density at radius 1 is 1.19 bits per heavy atom. The third-order valence-corrected chi connectivity index (χ3v) is 9.66. The SMILES string of the molecule is CCN(C(=O)c1cc(F)ccc1Oc1nncnc1N1CC2(CCN(C(=O)[C@H]3NC[C@H]4CC(F)(F)C[C@H]43)CC2)C1)C(C)C. The number of halogens is 3. The Balaban J connectivity index is 1.10. The van der Waals surface area contributed by atoms with Crippen molar-refractivity contribution in [2.75, 3.05) is 44.2 Å². The van der Waals surface area contributed by atoms with Gasteiger partial charge in [-0.1, -0.05) is 0 Å². The first-order valence-electron chi connectivity index (χ1n) is 15.1. The van der Waals surface area contributed by atoms with Crippen LogP contribution in [0.1, 0.15) is 56.8 Å². The van der Waals surface area contributed by atoms with Gasteiger partial charge in [-0.05, 0) is 70.2 Å². The molecule has 2 amide bonds. The van der Waals surface area contributed by atoms with Gasteiger partial charge in [0, 0.05) is 57.0 Å². The van der Waals surface area contributed by atoms with Crippen molar-refractivity contribution in [1.82, 2.24) is 30.3 Å². The standard InChI is InChI=1S/C30H38F3N7O3/c1-4-40(18(2)3)27(41)21-11-20(31)5-6-23(21)43-26-25(35-17-36-37-26)39-15-29(16-39)7-9-38(10-8-29)28(42)24-22-13-30(32,33)12-19(22)14-34-24/h5-6,11,17-19,22,24,34H,4,7-10,12-16H2,1-3H3/t19-,22-,24+/m1/s1. The summed E-state index contributed by atoms with van der Waals surface area (Å²) >= 11 is 0. The summed E-state index contributed by atoms with van der Waals surface area (Å²) in [7, 11) is 0. The average Bonchev–Trinajstić information content (AvgIpc) is 3.47. The number of aromatic nitrogens is 3. The number of nitrogens with one attached hydrogen (secondary N) is 1. The number of benzene rings is 1. The minimum absolute atomic E-state index is 0.0130. The number of carbonyl (C=O) groups excluding carboxylic acids is 2. The number of likely N-dealkylation sites (tertiary alicyclic amines) is 1. The van der Waals surface area contributed by atoms with Crippen molar-refractivity contribution in [1.29, 1.82) is 0 Å². The maximum atomic E-state index is 14.2. The van der Waals surface area contributed by atoms with E-state index in [9.17, 15) is 22.8 Å². The zero-order chi connectivity index (χ0) is 30.5. The van der Waals surface area contributed by atoms with E-state index in [0.717, 1.165) is 12.8 Å². The van der Waals surface area contributed by atoms with Crippen molar-refractivity contribution in [3.8, 4) is 11.6 Å². The summed E-state index contributed by atoms with van der Waals surface area (Å²) in [5.74, 6) is -3.30. The van der Waals surface area contributed by atoms with E-state index in [-0.39, 0.29) is 65.1 Å². The molecule has 1 N–H and O–H groups in total. The van der Waals surface area contributed by atoms with E-state index in [2.05, 4.69) is 20.5 Å². The number of alkyl halides is 2. The van der Waals surface area contributed by atoms with Gasteiger partial charge in [-0.3, -0.25) is 9.59 Å². The second kappa shape index (κ2) is 11.2. The van der Waals surface area contributed by atoms with E-state index in [4.69, 9.17) is 4.74 Å². The average molecular weight is 602 g/mol. The number of amides is 2. The molecule has 0 bridgehead atoms. The Labute approximate surface area is 249 Å². The summed E-state index contributed by atoms with van der Waals surface area (Å²) < 4.78 is 48.2. The Hall–Kier alpha value is -3.48. The molecule has 2 aromatic rings. The fraction of sp³-hybridized carbons (Fsp3) is 0.633. The lowest BCUT2D eigenvalue weighted by Gasteiger charge is -2.54. The molecule has 0 radical (unpaired) electrons. The third-order valence-electron chi connectivity index (χ3n) is 9.66. The maximum absolute atomic E-state index is 14.2. The number of ether oxygens (including phenoxy) is 1. The molecule has 1 saturated carbocycles. The number of fused-ring (bicyclic) bond motifs is 1. The minimum atomic E-state index is -2.67. The molecule has 0 unspecified atom stereocenters. The van der Waals surface area contributed by atoms with Crippen molar-refractivity contribution >= 4 is 17.6 Å². The lowest BCUT2D eigenvalue weighted by Crippen LogP contribution is -2.62. The lowest BCUT2D eigenvalue weighted by atomic mass is 9.72. The number of piperidine rings is 1. The molecule has 3 aliphatic heterocycles. The molecule has 6 rings (SSSR count). The lowest BCUT2D eigenvalue weighted by molar-refractivity contribution is -0.137. The van der Waals surface area contributed by atoms with Crippen LogP contribution >= 0.6 is 0 Å². The molecule has 10 nitrogen and oxygen atoms in total. The van der Waals surface area contributed by atoms with E-state index < -0.39 is 17.8 Å². The second-order valence-corrected chi connectivity index (χ2v) is 12.8. The maximum Gasteiger partial charge on any atom is 0.282 e. The topological polar surface area (TPSA) is 104 Å². The van der Waals surface area contributed by atoms with Gasteiger partial charge >= 0.3 is 0 Å². The van der Waals surface area contributed by atoms with Gasteiger partial charge in [0.15, 0.2) is 5.82 Å². The Morgan fingerprint density at radius 3 is 2.63 bits per heavy atom. The highest BCUT2D eigenvalue weighted by Crippen LogP contribution is 2.48. The molecule has 4 aliphatic rings. The van der Waals surface area contributed by atoms with Crippen molar-refractivity contribution in [3.63, 3.8) is 0 Å². The molecule has 3 saturated heterocycles. The number of rotatable bonds is 7. The van der Waals surface area contributed by atoms with Crippen LogP contribution in [-0.4, -0.2) is 94.1 Å². The quantitative estimate of drug-likeness (QED) is 0.512. The highest BCUT2D eigenvalue weighted by atomic mass is 19.3. The monoisotopic (exact) mass is 601 g/mol.